The van der Waals surface area contributed by atoms with Gasteiger partial charge >= 0.3 is 0 Å². The summed E-state index contributed by atoms with van der Waals surface area (Å²) in [6, 6.07) is 10.5. The van der Waals surface area contributed by atoms with Gasteiger partial charge in [-0.05, 0) is 42.5 Å². The first-order chi connectivity index (χ1) is 14.2. The van der Waals surface area contributed by atoms with E-state index in [-0.39, 0.29) is 15.8 Å². The van der Waals surface area contributed by atoms with Crippen LogP contribution in [0.1, 0.15) is 0 Å². The first-order valence-corrected chi connectivity index (χ1v) is 11.4. The fourth-order valence-corrected chi connectivity index (χ4v) is 4.24. The molecule has 0 aliphatic rings. The summed E-state index contributed by atoms with van der Waals surface area (Å²) in [5, 5.41) is 11.0. The number of sulfonamides is 1. The van der Waals surface area contributed by atoms with Crippen LogP contribution in [0.4, 0.5) is 15.2 Å². The molecular weight excluding hydrogens is 455 g/mol. The van der Waals surface area contributed by atoms with Crippen LogP contribution in [-0.2, 0) is 14.8 Å². The van der Waals surface area contributed by atoms with Gasteiger partial charge in [-0.1, -0.05) is 22.9 Å². The van der Waals surface area contributed by atoms with Gasteiger partial charge in [0.2, 0.25) is 21.1 Å². The normalized spacial score (nSPS) is 11.2. The smallest absolute Gasteiger partial charge is 0.246 e. The van der Waals surface area contributed by atoms with Crippen molar-refractivity contribution in [2.45, 2.75) is 0 Å². The Morgan fingerprint density at radius 2 is 1.93 bits per heavy atom. The van der Waals surface area contributed by atoms with Gasteiger partial charge in [0.05, 0.1) is 24.1 Å². The minimum absolute atomic E-state index is 0.0650. The van der Waals surface area contributed by atoms with E-state index in [2.05, 4.69) is 15.5 Å². The molecule has 3 aromatic rings. The van der Waals surface area contributed by atoms with Gasteiger partial charge in [0.1, 0.15) is 23.1 Å². The molecule has 30 heavy (non-hydrogen) atoms. The van der Waals surface area contributed by atoms with E-state index >= 15 is 0 Å². The quantitative estimate of drug-likeness (QED) is 0.567. The average Bonchev–Trinajstić information content (AvgIpc) is 3.16. The molecular formula is C18H16ClFN4O4S2. The molecule has 1 amide bonds. The maximum atomic E-state index is 13.4. The van der Waals surface area contributed by atoms with Crippen LogP contribution in [0.25, 0.3) is 10.6 Å². The molecule has 1 heterocycles. The fraction of sp³-hybridized carbons (Fsp3) is 0.167. The first-order valence-electron chi connectivity index (χ1n) is 8.38. The highest BCUT2D eigenvalue weighted by molar-refractivity contribution is 7.92. The Morgan fingerprint density at radius 3 is 2.53 bits per heavy atom. The van der Waals surface area contributed by atoms with E-state index in [0.29, 0.717) is 10.8 Å². The fourth-order valence-electron chi connectivity index (χ4n) is 2.45. The molecule has 0 radical (unpaired) electrons. The predicted octanol–water partition coefficient (Wildman–Crippen LogP) is 3.41. The summed E-state index contributed by atoms with van der Waals surface area (Å²) >= 11 is 6.86. The molecule has 0 saturated heterocycles. The van der Waals surface area contributed by atoms with Gasteiger partial charge in [0, 0.05) is 5.56 Å². The minimum Gasteiger partial charge on any atom is -0.497 e. The number of benzene rings is 2. The van der Waals surface area contributed by atoms with Crippen LogP contribution >= 0.6 is 22.9 Å². The molecule has 0 unspecified atom stereocenters. The number of nitrogens with zero attached hydrogens (tertiary/aromatic N) is 3. The van der Waals surface area contributed by atoms with E-state index in [1.165, 1.54) is 6.07 Å². The molecule has 0 saturated carbocycles. The highest BCUT2D eigenvalue weighted by Gasteiger charge is 2.22. The lowest BCUT2D eigenvalue weighted by Gasteiger charge is -2.21. The van der Waals surface area contributed by atoms with E-state index < -0.39 is 28.3 Å². The Morgan fingerprint density at radius 1 is 1.23 bits per heavy atom. The minimum atomic E-state index is -3.83. The molecule has 12 heteroatoms. The molecule has 0 aliphatic carbocycles. The molecule has 3 rings (SSSR count). The molecule has 0 aliphatic heterocycles. The van der Waals surface area contributed by atoms with Crippen molar-refractivity contribution in [3.05, 3.63) is 53.3 Å². The number of aromatic nitrogens is 2. The molecule has 1 aromatic heterocycles. The van der Waals surface area contributed by atoms with E-state index in [0.717, 1.165) is 39.6 Å². The lowest BCUT2D eigenvalue weighted by Crippen LogP contribution is -2.37. The zero-order chi connectivity index (χ0) is 21.9. The van der Waals surface area contributed by atoms with Gasteiger partial charge in [-0.25, -0.2) is 12.8 Å². The topological polar surface area (TPSA) is 101 Å². The third kappa shape index (κ3) is 5.23. The molecule has 0 fully saturated rings. The monoisotopic (exact) mass is 470 g/mol. The first kappa shape index (κ1) is 21.9. The van der Waals surface area contributed by atoms with Crippen molar-refractivity contribution in [2.75, 3.05) is 29.5 Å². The SMILES string of the molecule is COc1ccc(-c2nnc(NC(=O)CN(c3ccc(F)c(Cl)c3)S(C)(=O)=O)s2)cc1. The number of anilines is 2. The van der Waals surface area contributed by atoms with Crippen LogP contribution < -0.4 is 14.4 Å². The zero-order valence-corrected chi connectivity index (χ0v) is 18.2. The third-order valence-corrected chi connectivity index (χ3v) is 6.21. The zero-order valence-electron chi connectivity index (χ0n) is 15.8. The van der Waals surface area contributed by atoms with Crippen LogP contribution in [0.5, 0.6) is 5.75 Å². The van der Waals surface area contributed by atoms with Gasteiger partial charge in [0.15, 0.2) is 0 Å². The van der Waals surface area contributed by atoms with Crippen molar-refractivity contribution in [3.8, 4) is 16.3 Å². The van der Waals surface area contributed by atoms with Crippen LogP contribution in [0, 0.1) is 5.82 Å². The molecule has 0 bridgehead atoms. The lowest BCUT2D eigenvalue weighted by atomic mass is 10.2. The number of amides is 1. The van der Waals surface area contributed by atoms with Crippen molar-refractivity contribution >= 4 is 49.7 Å². The second-order valence-corrected chi connectivity index (χ2v) is 9.35. The molecule has 158 valence electrons. The number of carbonyl (C=O) groups is 1. The molecule has 8 nitrogen and oxygen atoms in total. The number of halogens is 2. The Balaban J connectivity index is 1.74. The summed E-state index contributed by atoms with van der Waals surface area (Å²) in [5.41, 5.74) is 0.850. The Labute approximate surface area is 181 Å². The van der Waals surface area contributed by atoms with E-state index in [1.54, 1.807) is 31.4 Å². The van der Waals surface area contributed by atoms with Crippen molar-refractivity contribution in [3.63, 3.8) is 0 Å². The number of ether oxygens (including phenoxy) is 1. The van der Waals surface area contributed by atoms with Crippen molar-refractivity contribution < 1.29 is 22.3 Å². The maximum Gasteiger partial charge on any atom is 0.246 e. The number of rotatable bonds is 7. The molecule has 2 aromatic carbocycles. The number of methoxy groups -OCH3 is 1. The Kier molecular flexibility index (Phi) is 6.54. The number of carbonyl (C=O) groups excluding carboxylic acids is 1. The van der Waals surface area contributed by atoms with Crippen LogP contribution in [0.3, 0.4) is 0 Å². The van der Waals surface area contributed by atoms with E-state index in [1.807, 2.05) is 0 Å². The molecule has 1 N–H and O–H groups in total. The van der Waals surface area contributed by atoms with Gasteiger partial charge in [-0.15, -0.1) is 10.2 Å². The highest BCUT2D eigenvalue weighted by atomic mass is 35.5. The summed E-state index contributed by atoms with van der Waals surface area (Å²) in [7, 11) is -2.27. The maximum absolute atomic E-state index is 13.4. The van der Waals surface area contributed by atoms with Crippen LogP contribution in [-0.4, -0.2) is 44.4 Å². The lowest BCUT2D eigenvalue weighted by molar-refractivity contribution is -0.114. The van der Waals surface area contributed by atoms with Crippen molar-refractivity contribution in [2.24, 2.45) is 0 Å². The van der Waals surface area contributed by atoms with Crippen LogP contribution in [0.15, 0.2) is 42.5 Å². The van der Waals surface area contributed by atoms with Gasteiger partial charge in [0.25, 0.3) is 0 Å². The number of hydrogen-bond acceptors (Lipinski definition) is 7. The molecule has 0 spiro atoms. The second-order valence-electron chi connectivity index (χ2n) is 6.06. The summed E-state index contributed by atoms with van der Waals surface area (Å²) in [5.74, 6) is -0.643. The van der Waals surface area contributed by atoms with Crippen molar-refractivity contribution in [1.82, 2.24) is 10.2 Å². The van der Waals surface area contributed by atoms with Gasteiger partial charge < -0.3 is 4.74 Å². The Hall–Kier alpha value is -2.76. The number of hydrogen-bond donors (Lipinski definition) is 1. The standard InChI is InChI=1S/C18H16ClFN4O4S2/c1-28-13-6-3-11(4-7-13)17-22-23-18(29-17)21-16(25)10-24(30(2,26)27)12-5-8-15(20)14(19)9-12/h3-9H,10H2,1-2H3,(H,21,23,25). The van der Waals surface area contributed by atoms with Crippen molar-refractivity contribution in [1.29, 1.82) is 0 Å². The summed E-state index contributed by atoms with van der Waals surface area (Å²) in [6.45, 7) is -0.543. The molecule has 0 atom stereocenters. The number of nitrogens with one attached hydrogen (secondary N) is 1. The largest absolute Gasteiger partial charge is 0.497 e. The average molecular weight is 471 g/mol. The second kappa shape index (κ2) is 8.94. The summed E-state index contributed by atoms with van der Waals surface area (Å²) in [6.07, 6.45) is 0.935. The van der Waals surface area contributed by atoms with Gasteiger partial charge in [-0.3, -0.25) is 14.4 Å². The summed E-state index contributed by atoms with van der Waals surface area (Å²) in [4.78, 5) is 12.4. The highest BCUT2D eigenvalue weighted by Crippen LogP contribution is 2.28. The third-order valence-electron chi connectivity index (χ3n) is 3.89. The van der Waals surface area contributed by atoms with E-state index in [9.17, 15) is 17.6 Å². The van der Waals surface area contributed by atoms with E-state index in [4.69, 9.17) is 16.3 Å². The summed E-state index contributed by atoms with van der Waals surface area (Å²) < 4.78 is 43.6. The predicted molar refractivity (Wildman–Crippen MR) is 114 cm³/mol. The Bertz CT molecular complexity index is 1170. The van der Waals surface area contributed by atoms with Crippen LogP contribution in [0.2, 0.25) is 5.02 Å². The van der Waals surface area contributed by atoms with Gasteiger partial charge in [-0.2, -0.15) is 0 Å².